The predicted octanol–water partition coefficient (Wildman–Crippen LogP) is 7.71. The van der Waals surface area contributed by atoms with Crippen LogP contribution >= 0.6 is 11.6 Å². The van der Waals surface area contributed by atoms with Gasteiger partial charge in [-0.25, -0.2) is 4.39 Å². The quantitative estimate of drug-likeness (QED) is 0.314. The molecule has 0 amide bonds. The van der Waals surface area contributed by atoms with Gasteiger partial charge >= 0.3 is 12.4 Å². The summed E-state index contributed by atoms with van der Waals surface area (Å²) in [7, 11) is 0. The topological polar surface area (TPSA) is 45.1 Å². The number of para-hydroxylation sites is 1. The molecule has 38 heavy (non-hydrogen) atoms. The lowest BCUT2D eigenvalue weighted by Gasteiger charge is -2.32. The Balaban J connectivity index is 1.80. The van der Waals surface area contributed by atoms with E-state index in [2.05, 4.69) is 5.10 Å². The zero-order valence-electron chi connectivity index (χ0n) is 19.6. The van der Waals surface area contributed by atoms with Crippen LogP contribution in [0.1, 0.15) is 24.9 Å². The van der Waals surface area contributed by atoms with Gasteiger partial charge in [0.15, 0.2) is 0 Å². The van der Waals surface area contributed by atoms with Crippen molar-refractivity contribution in [1.82, 2.24) is 0 Å². The summed E-state index contributed by atoms with van der Waals surface area (Å²) < 4.78 is 102. The van der Waals surface area contributed by atoms with E-state index in [-0.39, 0.29) is 21.8 Å². The van der Waals surface area contributed by atoms with Crippen molar-refractivity contribution in [2.75, 3.05) is 11.6 Å². The van der Waals surface area contributed by atoms with Crippen molar-refractivity contribution in [3.8, 4) is 16.9 Å². The second kappa shape index (κ2) is 10.1. The van der Waals surface area contributed by atoms with Crippen molar-refractivity contribution in [3.63, 3.8) is 0 Å². The number of hydrazone groups is 1. The molecule has 3 aromatic rings. The molecule has 0 aromatic heterocycles. The number of halogens is 8. The summed E-state index contributed by atoms with van der Waals surface area (Å²) >= 11 is 6.17. The number of nitrogens with zero attached hydrogens (tertiary/aromatic N) is 2. The van der Waals surface area contributed by atoms with Crippen LogP contribution in [0, 0.1) is 5.82 Å². The highest BCUT2D eigenvalue weighted by molar-refractivity contribution is 6.33. The number of aliphatic hydroxyl groups is 1. The highest BCUT2D eigenvalue weighted by Gasteiger charge is 2.74. The molecule has 1 aliphatic rings. The number of alkyl halides is 6. The first-order valence-electron chi connectivity index (χ1n) is 11.3. The van der Waals surface area contributed by atoms with Crippen LogP contribution in [0.5, 0.6) is 5.75 Å². The molecule has 1 N–H and O–H groups in total. The first-order chi connectivity index (χ1) is 17.8. The van der Waals surface area contributed by atoms with Crippen LogP contribution in [-0.2, 0) is 0 Å². The molecule has 4 rings (SSSR count). The van der Waals surface area contributed by atoms with E-state index < -0.39 is 41.9 Å². The van der Waals surface area contributed by atoms with E-state index in [1.165, 1.54) is 36.4 Å². The van der Waals surface area contributed by atoms with Crippen LogP contribution in [0.4, 0.5) is 36.4 Å². The van der Waals surface area contributed by atoms with Crippen LogP contribution in [0.25, 0.3) is 11.1 Å². The standard InChI is InChI=1S/C26H20ClF7N2O2/c1-2-38-17-7-5-6-15(12-17)18-11-10-16(13-20(18)28)22-14-23(24(37,25(29,30)31)26(32,33)34)35-36(22)21-9-4-3-8-19(21)27/h3-13,22,37H,2,14H2,1H3. The summed E-state index contributed by atoms with van der Waals surface area (Å²) in [6, 6.07) is 14.6. The lowest BCUT2D eigenvalue weighted by atomic mass is 9.89. The van der Waals surface area contributed by atoms with Gasteiger partial charge in [-0.15, -0.1) is 0 Å². The first-order valence-corrected chi connectivity index (χ1v) is 11.7. The third-order valence-corrected chi connectivity index (χ3v) is 6.40. The molecule has 202 valence electrons. The normalized spacial score (nSPS) is 16.5. The maximum absolute atomic E-state index is 15.3. The lowest BCUT2D eigenvalue weighted by Crippen LogP contribution is -2.62. The van der Waals surface area contributed by atoms with Gasteiger partial charge in [-0.1, -0.05) is 48.0 Å². The molecule has 0 saturated heterocycles. The van der Waals surface area contributed by atoms with E-state index in [4.69, 9.17) is 16.3 Å². The van der Waals surface area contributed by atoms with E-state index in [9.17, 15) is 31.4 Å². The number of rotatable bonds is 6. The minimum absolute atomic E-state index is 0.0186. The second-order valence-electron chi connectivity index (χ2n) is 8.47. The molecule has 12 heteroatoms. The third-order valence-electron chi connectivity index (χ3n) is 6.08. The van der Waals surface area contributed by atoms with Crippen molar-refractivity contribution in [2.45, 2.75) is 37.3 Å². The fraction of sp³-hybridized carbons (Fsp3) is 0.269. The summed E-state index contributed by atoms with van der Waals surface area (Å²) in [6.07, 6.45) is -13.2. The molecule has 1 aliphatic heterocycles. The number of hydrogen-bond acceptors (Lipinski definition) is 4. The van der Waals surface area contributed by atoms with E-state index in [0.717, 1.165) is 11.1 Å². The maximum Gasteiger partial charge on any atom is 0.431 e. The van der Waals surface area contributed by atoms with Crippen LogP contribution in [-0.4, -0.2) is 35.4 Å². The molecule has 0 aliphatic carbocycles. The summed E-state index contributed by atoms with van der Waals surface area (Å²) in [4.78, 5) is 0. The molecule has 0 spiro atoms. The van der Waals surface area contributed by atoms with E-state index >= 15 is 4.39 Å². The smallest absolute Gasteiger partial charge is 0.431 e. The van der Waals surface area contributed by atoms with Crippen molar-refractivity contribution in [1.29, 1.82) is 0 Å². The maximum atomic E-state index is 15.3. The Kier molecular flexibility index (Phi) is 7.37. The Hall–Kier alpha value is -3.31. The average Bonchev–Trinajstić information content (AvgIpc) is 3.28. The Bertz CT molecular complexity index is 1340. The Labute approximate surface area is 217 Å². The minimum atomic E-state index is -6.12. The monoisotopic (exact) mass is 560 g/mol. The lowest BCUT2D eigenvalue weighted by molar-refractivity contribution is -0.338. The van der Waals surface area contributed by atoms with E-state index in [0.29, 0.717) is 17.9 Å². The number of anilines is 1. The van der Waals surface area contributed by atoms with Gasteiger partial charge < -0.3 is 9.84 Å². The molecule has 1 atom stereocenters. The average molecular weight is 561 g/mol. The van der Waals surface area contributed by atoms with Gasteiger partial charge in [-0.3, -0.25) is 5.01 Å². The van der Waals surface area contributed by atoms with Crippen LogP contribution in [0.3, 0.4) is 0 Å². The second-order valence-corrected chi connectivity index (χ2v) is 8.88. The van der Waals surface area contributed by atoms with Gasteiger partial charge in [0.1, 0.15) is 11.6 Å². The molecule has 0 bridgehead atoms. The Morgan fingerprint density at radius 1 is 0.974 bits per heavy atom. The number of ether oxygens (including phenoxy) is 1. The zero-order chi connectivity index (χ0) is 27.9. The van der Waals surface area contributed by atoms with Crippen molar-refractivity contribution >= 4 is 23.0 Å². The van der Waals surface area contributed by atoms with Crippen molar-refractivity contribution in [3.05, 3.63) is 83.1 Å². The van der Waals surface area contributed by atoms with Gasteiger partial charge in [-0.2, -0.15) is 31.4 Å². The van der Waals surface area contributed by atoms with Gasteiger partial charge in [-0.05, 0) is 48.4 Å². The third kappa shape index (κ3) is 4.92. The zero-order valence-corrected chi connectivity index (χ0v) is 20.4. The van der Waals surface area contributed by atoms with Crippen LogP contribution < -0.4 is 9.75 Å². The van der Waals surface area contributed by atoms with E-state index in [1.807, 2.05) is 0 Å². The number of hydrogen-bond donors (Lipinski definition) is 1. The summed E-state index contributed by atoms with van der Waals surface area (Å²) in [5.41, 5.74) is -6.20. The molecule has 1 heterocycles. The van der Waals surface area contributed by atoms with Gasteiger partial charge in [0.25, 0.3) is 5.60 Å². The fourth-order valence-corrected chi connectivity index (χ4v) is 4.45. The van der Waals surface area contributed by atoms with Crippen LogP contribution in [0.2, 0.25) is 5.02 Å². The number of benzene rings is 3. The molecule has 0 fully saturated rings. The SMILES string of the molecule is CCOc1cccc(-c2ccc(C3CC(C(O)(C(F)(F)F)C(F)(F)F)=NN3c3ccccc3Cl)cc2F)c1. The largest absolute Gasteiger partial charge is 0.494 e. The molecule has 0 saturated carbocycles. The molecule has 1 unspecified atom stereocenters. The molecule has 0 radical (unpaired) electrons. The molecular weight excluding hydrogens is 541 g/mol. The van der Waals surface area contributed by atoms with E-state index in [1.54, 1.807) is 31.2 Å². The summed E-state index contributed by atoms with van der Waals surface area (Å²) in [5.74, 6) is -0.281. The van der Waals surface area contributed by atoms with Gasteiger partial charge in [0, 0.05) is 12.0 Å². The minimum Gasteiger partial charge on any atom is -0.494 e. The highest BCUT2D eigenvalue weighted by atomic mass is 35.5. The Morgan fingerprint density at radius 3 is 2.26 bits per heavy atom. The fourth-order valence-electron chi connectivity index (χ4n) is 4.23. The first kappa shape index (κ1) is 27.7. The summed E-state index contributed by atoms with van der Waals surface area (Å²) in [5, 5.41) is 14.4. The van der Waals surface area contributed by atoms with Crippen molar-refractivity contribution in [2.24, 2.45) is 5.10 Å². The highest BCUT2D eigenvalue weighted by Crippen LogP contribution is 2.49. The molecular formula is C26H20ClF7N2O2. The van der Waals surface area contributed by atoms with Gasteiger partial charge in [0.05, 0.1) is 29.1 Å². The molecule has 4 nitrogen and oxygen atoms in total. The van der Waals surface area contributed by atoms with Crippen LogP contribution in [0.15, 0.2) is 71.8 Å². The van der Waals surface area contributed by atoms with Crippen molar-refractivity contribution < 1.29 is 40.6 Å². The van der Waals surface area contributed by atoms with Gasteiger partial charge in [0.2, 0.25) is 0 Å². The Morgan fingerprint density at radius 2 is 1.66 bits per heavy atom. The molecule has 3 aromatic carbocycles. The summed E-state index contributed by atoms with van der Waals surface area (Å²) in [6.45, 7) is 2.17. The predicted molar refractivity (Wildman–Crippen MR) is 129 cm³/mol.